The second-order valence-electron chi connectivity index (χ2n) is 5.48. The van der Waals surface area contributed by atoms with Crippen molar-refractivity contribution in [3.63, 3.8) is 0 Å². The summed E-state index contributed by atoms with van der Waals surface area (Å²) in [7, 11) is 2.15. The first-order valence-electron chi connectivity index (χ1n) is 7.19. The van der Waals surface area contributed by atoms with Crippen LogP contribution >= 0.6 is 0 Å². The molecule has 0 saturated heterocycles. The van der Waals surface area contributed by atoms with Crippen molar-refractivity contribution in [2.24, 2.45) is 5.73 Å². The second-order valence-corrected chi connectivity index (χ2v) is 5.48. The summed E-state index contributed by atoms with van der Waals surface area (Å²) in [5.74, 6) is 0. The second kappa shape index (κ2) is 7.22. The number of nitrogens with zero attached hydrogens (tertiary/aromatic N) is 1. The molecule has 0 spiro atoms. The van der Waals surface area contributed by atoms with Crippen molar-refractivity contribution in [1.82, 2.24) is 4.90 Å². The summed E-state index contributed by atoms with van der Waals surface area (Å²) in [6, 6.07) is 19.7. The van der Waals surface area contributed by atoms with Gasteiger partial charge in [0.15, 0.2) is 0 Å². The standard InChI is InChI=1S/C18H24N2/c1-15-8-10-17(11-9-15)14-20(2)18(13-19)12-16-6-4-3-5-7-16/h3-11,18H,12-14,19H2,1-2H3. The Morgan fingerprint density at radius 3 is 2.20 bits per heavy atom. The van der Waals surface area contributed by atoms with E-state index in [-0.39, 0.29) is 0 Å². The highest BCUT2D eigenvalue weighted by molar-refractivity contribution is 5.21. The molecule has 2 rings (SSSR count). The quantitative estimate of drug-likeness (QED) is 0.872. The van der Waals surface area contributed by atoms with Crippen LogP contribution in [-0.2, 0) is 13.0 Å². The number of hydrogen-bond donors (Lipinski definition) is 1. The fraction of sp³-hybridized carbons (Fsp3) is 0.333. The van der Waals surface area contributed by atoms with Crippen LogP contribution in [0.15, 0.2) is 54.6 Å². The minimum absolute atomic E-state index is 0.374. The zero-order valence-electron chi connectivity index (χ0n) is 12.4. The van der Waals surface area contributed by atoms with Gasteiger partial charge in [-0.25, -0.2) is 0 Å². The Morgan fingerprint density at radius 2 is 1.60 bits per heavy atom. The van der Waals surface area contributed by atoms with Crippen molar-refractivity contribution in [3.05, 3.63) is 71.3 Å². The monoisotopic (exact) mass is 268 g/mol. The third-order valence-corrected chi connectivity index (χ3v) is 3.76. The molecule has 2 heteroatoms. The average Bonchev–Trinajstić information content (AvgIpc) is 2.48. The summed E-state index contributed by atoms with van der Waals surface area (Å²) in [6.45, 7) is 3.73. The fourth-order valence-corrected chi connectivity index (χ4v) is 2.42. The smallest absolute Gasteiger partial charge is 0.0259 e. The van der Waals surface area contributed by atoms with Crippen LogP contribution in [0.3, 0.4) is 0 Å². The predicted octanol–water partition coefficient (Wildman–Crippen LogP) is 3.00. The lowest BCUT2D eigenvalue weighted by molar-refractivity contribution is 0.237. The van der Waals surface area contributed by atoms with Gasteiger partial charge < -0.3 is 5.73 Å². The predicted molar refractivity (Wildman–Crippen MR) is 85.6 cm³/mol. The molecule has 1 atom stereocenters. The number of likely N-dealkylation sites (N-methyl/N-ethyl adjacent to an activating group) is 1. The zero-order valence-corrected chi connectivity index (χ0v) is 12.4. The van der Waals surface area contributed by atoms with Crippen LogP contribution in [0.5, 0.6) is 0 Å². The molecule has 0 saturated carbocycles. The van der Waals surface area contributed by atoms with Gasteiger partial charge in [0.2, 0.25) is 0 Å². The fourth-order valence-electron chi connectivity index (χ4n) is 2.42. The SMILES string of the molecule is Cc1ccc(CN(C)C(CN)Cc2ccccc2)cc1. The number of rotatable bonds is 6. The third-order valence-electron chi connectivity index (χ3n) is 3.76. The topological polar surface area (TPSA) is 29.3 Å². The zero-order chi connectivity index (χ0) is 14.4. The Morgan fingerprint density at radius 1 is 0.950 bits per heavy atom. The Labute approximate surface area is 122 Å². The largest absolute Gasteiger partial charge is 0.329 e. The Hall–Kier alpha value is -1.64. The van der Waals surface area contributed by atoms with Crippen LogP contribution in [0.1, 0.15) is 16.7 Å². The molecule has 0 amide bonds. The van der Waals surface area contributed by atoms with E-state index in [4.69, 9.17) is 5.73 Å². The van der Waals surface area contributed by atoms with Gasteiger partial charge >= 0.3 is 0 Å². The number of benzene rings is 2. The number of aryl methyl sites for hydroxylation is 1. The minimum Gasteiger partial charge on any atom is -0.329 e. The van der Waals surface area contributed by atoms with Crippen LogP contribution in [0, 0.1) is 6.92 Å². The van der Waals surface area contributed by atoms with E-state index in [0.29, 0.717) is 12.6 Å². The molecule has 0 aliphatic rings. The summed E-state index contributed by atoms with van der Waals surface area (Å²) in [4.78, 5) is 2.34. The van der Waals surface area contributed by atoms with Gasteiger partial charge in [-0.15, -0.1) is 0 Å². The van der Waals surface area contributed by atoms with E-state index in [9.17, 15) is 0 Å². The van der Waals surface area contributed by atoms with Crippen molar-refractivity contribution in [2.45, 2.75) is 25.9 Å². The van der Waals surface area contributed by atoms with E-state index in [0.717, 1.165) is 13.0 Å². The van der Waals surface area contributed by atoms with E-state index < -0.39 is 0 Å². The molecule has 2 aromatic carbocycles. The van der Waals surface area contributed by atoms with Crippen LogP contribution in [0.25, 0.3) is 0 Å². The lowest BCUT2D eigenvalue weighted by atomic mass is 10.0. The van der Waals surface area contributed by atoms with Gasteiger partial charge in [-0.2, -0.15) is 0 Å². The van der Waals surface area contributed by atoms with Crippen LogP contribution in [-0.4, -0.2) is 24.5 Å². The number of hydrogen-bond acceptors (Lipinski definition) is 2. The van der Waals surface area contributed by atoms with Crippen molar-refractivity contribution >= 4 is 0 Å². The van der Waals surface area contributed by atoms with Gasteiger partial charge in [0.1, 0.15) is 0 Å². The maximum atomic E-state index is 5.96. The Balaban J connectivity index is 1.98. The molecule has 2 aromatic rings. The first kappa shape index (κ1) is 14.8. The maximum absolute atomic E-state index is 5.96. The number of nitrogens with two attached hydrogens (primary N) is 1. The first-order chi connectivity index (χ1) is 9.69. The minimum atomic E-state index is 0.374. The lowest BCUT2D eigenvalue weighted by Crippen LogP contribution is -2.39. The third kappa shape index (κ3) is 4.19. The van der Waals surface area contributed by atoms with Crippen LogP contribution in [0.2, 0.25) is 0 Å². The molecule has 0 heterocycles. The Kier molecular flexibility index (Phi) is 5.33. The molecular weight excluding hydrogens is 244 g/mol. The highest BCUT2D eigenvalue weighted by Gasteiger charge is 2.13. The van der Waals surface area contributed by atoms with E-state index in [2.05, 4.69) is 73.5 Å². The van der Waals surface area contributed by atoms with Crippen LogP contribution < -0.4 is 5.73 Å². The van der Waals surface area contributed by atoms with Gasteiger partial charge in [-0.05, 0) is 31.5 Å². The average molecular weight is 268 g/mol. The molecule has 0 fully saturated rings. The molecule has 20 heavy (non-hydrogen) atoms. The van der Waals surface area contributed by atoms with Gasteiger partial charge in [-0.1, -0.05) is 60.2 Å². The Bertz CT molecular complexity index is 505. The summed E-state index contributed by atoms with van der Waals surface area (Å²) in [6.07, 6.45) is 1.000. The molecule has 2 nitrogen and oxygen atoms in total. The molecule has 106 valence electrons. The van der Waals surface area contributed by atoms with Crippen molar-refractivity contribution in [3.8, 4) is 0 Å². The van der Waals surface area contributed by atoms with E-state index >= 15 is 0 Å². The molecule has 0 aliphatic carbocycles. The highest BCUT2D eigenvalue weighted by atomic mass is 15.1. The van der Waals surface area contributed by atoms with Crippen LogP contribution in [0.4, 0.5) is 0 Å². The molecule has 0 aliphatic heterocycles. The summed E-state index contributed by atoms with van der Waals surface area (Å²) in [5.41, 5.74) is 9.94. The van der Waals surface area contributed by atoms with E-state index in [1.54, 1.807) is 0 Å². The summed E-state index contributed by atoms with van der Waals surface area (Å²) < 4.78 is 0. The molecular formula is C18H24N2. The summed E-state index contributed by atoms with van der Waals surface area (Å²) >= 11 is 0. The molecule has 1 unspecified atom stereocenters. The van der Waals surface area contributed by atoms with Gasteiger partial charge in [0.25, 0.3) is 0 Å². The molecule has 2 N–H and O–H groups in total. The highest BCUT2D eigenvalue weighted by Crippen LogP contribution is 2.11. The van der Waals surface area contributed by atoms with Crippen molar-refractivity contribution < 1.29 is 0 Å². The van der Waals surface area contributed by atoms with E-state index in [1.165, 1.54) is 16.7 Å². The lowest BCUT2D eigenvalue weighted by Gasteiger charge is -2.27. The summed E-state index contributed by atoms with van der Waals surface area (Å²) in [5, 5.41) is 0. The molecule has 0 radical (unpaired) electrons. The molecule has 0 bridgehead atoms. The van der Waals surface area contributed by atoms with Gasteiger partial charge in [-0.3, -0.25) is 4.90 Å². The van der Waals surface area contributed by atoms with Crippen molar-refractivity contribution in [1.29, 1.82) is 0 Å². The molecule has 0 aromatic heterocycles. The van der Waals surface area contributed by atoms with Crippen molar-refractivity contribution in [2.75, 3.05) is 13.6 Å². The van der Waals surface area contributed by atoms with E-state index in [1.807, 2.05) is 0 Å². The first-order valence-corrected chi connectivity index (χ1v) is 7.19. The van der Waals surface area contributed by atoms with Gasteiger partial charge in [0, 0.05) is 19.1 Å². The van der Waals surface area contributed by atoms with Gasteiger partial charge in [0.05, 0.1) is 0 Å². The normalized spacial score (nSPS) is 12.6. The maximum Gasteiger partial charge on any atom is 0.0259 e.